The van der Waals surface area contributed by atoms with Gasteiger partial charge < -0.3 is 19.4 Å². The molecule has 0 saturated carbocycles. The van der Waals surface area contributed by atoms with Crippen molar-refractivity contribution in [1.82, 2.24) is 4.98 Å². The van der Waals surface area contributed by atoms with Gasteiger partial charge in [0.15, 0.2) is 11.3 Å². The minimum Gasteiger partial charge on any atom is -0.502 e. The first-order chi connectivity index (χ1) is 16.4. The average molecular weight is 518 g/mol. The Kier molecular flexibility index (Phi) is 5.51. The van der Waals surface area contributed by atoms with Gasteiger partial charge in [-0.2, -0.15) is 0 Å². The van der Waals surface area contributed by atoms with Crippen LogP contribution in [0, 0.1) is 0 Å². The van der Waals surface area contributed by atoms with Crippen LogP contribution in [0.15, 0.2) is 86.5 Å². The number of rotatable bonds is 5. The van der Waals surface area contributed by atoms with E-state index in [-0.39, 0.29) is 28.9 Å². The van der Waals surface area contributed by atoms with Crippen LogP contribution in [0.3, 0.4) is 0 Å². The Labute approximate surface area is 201 Å². The Bertz CT molecular complexity index is 1640. The molecule has 0 atom stereocenters. The summed E-state index contributed by atoms with van der Waals surface area (Å²) in [5.74, 6) is -1.55. The number of ether oxygens (including phenoxy) is 1. The summed E-state index contributed by atoms with van der Waals surface area (Å²) in [6.07, 6.45) is 0. The van der Waals surface area contributed by atoms with E-state index in [9.17, 15) is 19.8 Å². The van der Waals surface area contributed by atoms with Gasteiger partial charge in [0.05, 0.1) is 16.6 Å². The van der Waals surface area contributed by atoms with Crippen LogP contribution in [0.2, 0.25) is 0 Å². The molecule has 8 heteroatoms. The molecular formula is C26H16BrNO6. The van der Waals surface area contributed by atoms with Gasteiger partial charge in [-0.05, 0) is 36.4 Å². The summed E-state index contributed by atoms with van der Waals surface area (Å²) in [7, 11) is 0. The molecular weight excluding hydrogens is 502 g/mol. The molecule has 34 heavy (non-hydrogen) atoms. The molecule has 3 aromatic carbocycles. The normalized spacial score (nSPS) is 11.1. The maximum absolute atomic E-state index is 12.8. The number of pyridine rings is 1. The van der Waals surface area contributed by atoms with Gasteiger partial charge in [0.2, 0.25) is 11.2 Å². The van der Waals surface area contributed by atoms with Gasteiger partial charge >= 0.3 is 5.97 Å². The van der Waals surface area contributed by atoms with E-state index in [1.165, 1.54) is 12.1 Å². The number of carbonyl (C=O) groups is 1. The fourth-order valence-electron chi connectivity index (χ4n) is 3.68. The van der Waals surface area contributed by atoms with Crippen molar-refractivity contribution in [3.05, 3.63) is 98.7 Å². The van der Waals surface area contributed by atoms with Crippen LogP contribution in [0.1, 0.15) is 16.1 Å². The van der Waals surface area contributed by atoms with Crippen molar-refractivity contribution < 1.29 is 24.2 Å². The Balaban J connectivity index is 1.51. The SMILES string of the molecule is O=C(O)c1cc(Br)cc2c(=O)c(O)c(-c3cccc(OCc4ccc5ccccc5n4)c3)oc12. The van der Waals surface area contributed by atoms with Crippen LogP contribution in [-0.4, -0.2) is 21.2 Å². The number of nitrogens with zero attached hydrogens (tertiary/aromatic N) is 1. The predicted molar refractivity (Wildman–Crippen MR) is 130 cm³/mol. The molecule has 0 radical (unpaired) electrons. The standard InChI is InChI=1S/C26H16BrNO6/c27-16-11-19-22(29)23(30)24(34-25(19)20(12-16)26(31)32)15-5-3-6-18(10-15)33-13-17-9-8-14-4-1-2-7-21(14)28-17/h1-12,30H,13H2,(H,31,32). The molecule has 2 heterocycles. The summed E-state index contributed by atoms with van der Waals surface area (Å²) in [5.41, 5.74) is 0.908. The number of aromatic hydroxyl groups is 1. The molecule has 2 aromatic heterocycles. The van der Waals surface area contributed by atoms with Crippen molar-refractivity contribution in [2.75, 3.05) is 0 Å². The van der Waals surface area contributed by atoms with E-state index in [4.69, 9.17) is 9.15 Å². The van der Waals surface area contributed by atoms with E-state index in [2.05, 4.69) is 20.9 Å². The second-order valence-corrected chi connectivity index (χ2v) is 8.47. The lowest BCUT2D eigenvalue weighted by Gasteiger charge is -2.11. The van der Waals surface area contributed by atoms with Crippen LogP contribution in [0.4, 0.5) is 0 Å². The quantitative estimate of drug-likeness (QED) is 0.305. The first-order valence-corrected chi connectivity index (χ1v) is 11.0. The van der Waals surface area contributed by atoms with Crippen molar-refractivity contribution in [2.45, 2.75) is 6.61 Å². The molecule has 0 saturated heterocycles. The summed E-state index contributed by atoms with van der Waals surface area (Å²) < 4.78 is 12.0. The molecule has 0 bridgehead atoms. The summed E-state index contributed by atoms with van der Waals surface area (Å²) in [4.78, 5) is 29.1. The lowest BCUT2D eigenvalue weighted by atomic mass is 10.1. The minimum atomic E-state index is -1.26. The molecule has 0 aliphatic carbocycles. The predicted octanol–water partition coefficient (Wildman–Crippen LogP) is 5.75. The largest absolute Gasteiger partial charge is 0.502 e. The van der Waals surface area contributed by atoms with Crippen molar-refractivity contribution in [2.24, 2.45) is 0 Å². The summed E-state index contributed by atoms with van der Waals surface area (Å²) in [6, 6.07) is 21.0. The van der Waals surface area contributed by atoms with Crippen molar-refractivity contribution >= 4 is 43.8 Å². The van der Waals surface area contributed by atoms with Gasteiger partial charge in [-0.25, -0.2) is 9.78 Å². The third-order valence-electron chi connectivity index (χ3n) is 5.30. The van der Waals surface area contributed by atoms with Gasteiger partial charge in [-0.15, -0.1) is 0 Å². The lowest BCUT2D eigenvalue weighted by Crippen LogP contribution is -2.07. The van der Waals surface area contributed by atoms with Crippen LogP contribution in [0.5, 0.6) is 11.5 Å². The van der Waals surface area contributed by atoms with Gasteiger partial charge in [0, 0.05) is 15.4 Å². The van der Waals surface area contributed by atoms with Crippen molar-refractivity contribution in [1.29, 1.82) is 0 Å². The number of para-hydroxylation sites is 1. The highest BCUT2D eigenvalue weighted by Crippen LogP contribution is 2.34. The molecule has 2 N–H and O–H groups in total. The van der Waals surface area contributed by atoms with Crippen LogP contribution >= 0.6 is 15.9 Å². The molecule has 7 nitrogen and oxygen atoms in total. The van der Waals surface area contributed by atoms with Crippen LogP contribution < -0.4 is 10.2 Å². The van der Waals surface area contributed by atoms with E-state index in [0.717, 1.165) is 16.6 Å². The third kappa shape index (κ3) is 3.99. The van der Waals surface area contributed by atoms with Crippen LogP contribution in [-0.2, 0) is 6.61 Å². The first kappa shape index (κ1) is 21.7. The number of hydrogen-bond acceptors (Lipinski definition) is 6. The maximum Gasteiger partial charge on any atom is 0.339 e. The van der Waals surface area contributed by atoms with E-state index in [1.807, 2.05) is 36.4 Å². The van der Waals surface area contributed by atoms with E-state index in [1.54, 1.807) is 24.3 Å². The number of fused-ring (bicyclic) bond motifs is 2. The highest BCUT2D eigenvalue weighted by Gasteiger charge is 2.21. The van der Waals surface area contributed by atoms with Gasteiger partial charge in [0.25, 0.3) is 0 Å². The third-order valence-corrected chi connectivity index (χ3v) is 5.76. The van der Waals surface area contributed by atoms with Gasteiger partial charge in [-0.1, -0.05) is 52.3 Å². The zero-order chi connectivity index (χ0) is 23.8. The Morgan fingerprint density at radius 1 is 1.03 bits per heavy atom. The molecule has 5 aromatic rings. The van der Waals surface area contributed by atoms with Gasteiger partial charge in [-0.3, -0.25) is 4.79 Å². The Morgan fingerprint density at radius 3 is 2.68 bits per heavy atom. The molecule has 0 aliphatic heterocycles. The number of halogens is 1. The summed E-state index contributed by atoms with van der Waals surface area (Å²) in [6.45, 7) is 0.207. The lowest BCUT2D eigenvalue weighted by molar-refractivity contribution is 0.0697. The highest BCUT2D eigenvalue weighted by molar-refractivity contribution is 9.10. The summed E-state index contributed by atoms with van der Waals surface area (Å²) >= 11 is 3.19. The zero-order valence-corrected chi connectivity index (χ0v) is 19.1. The van der Waals surface area contributed by atoms with Crippen molar-refractivity contribution in [3.63, 3.8) is 0 Å². The molecule has 0 fully saturated rings. The number of aromatic carboxylic acids is 1. The molecule has 0 spiro atoms. The molecule has 0 amide bonds. The van der Waals surface area contributed by atoms with Crippen LogP contribution in [0.25, 0.3) is 33.2 Å². The number of aromatic nitrogens is 1. The molecule has 5 rings (SSSR count). The fourth-order valence-corrected chi connectivity index (χ4v) is 4.14. The van der Waals surface area contributed by atoms with E-state index >= 15 is 0 Å². The topological polar surface area (TPSA) is 110 Å². The first-order valence-electron chi connectivity index (χ1n) is 10.2. The number of carboxylic acids is 1. The minimum absolute atomic E-state index is 0.0391. The summed E-state index contributed by atoms with van der Waals surface area (Å²) in [5, 5.41) is 21.1. The second kappa shape index (κ2) is 8.64. The Morgan fingerprint density at radius 2 is 1.85 bits per heavy atom. The fraction of sp³-hybridized carbons (Fsp3) is 0.0385. The smallest absolute Gasteiger partial charge is 0.339 e. The van der Waals surface area contributed by atoms with E-state index < -0.39 is 17.1 Å². The zero-order valence-electron chi connectivity index (χ0n) is 17.5. The monoisotopic (exact) mass is 517 g/mol. The maximum atomic E-state index is 12.8. The molecule has 0 unspecified atom stereocenters. The van der Waals surface area contributed by atoms with Gasteiger partial charge in [0.1, 0.15) is 17.9 Å². The molecule has 168 valence electrons. The number of carboxylic acid groups (broad SMARTS) is 1. The average Bonchev–Trinajstić information content (AvgIpc) is 2.84. The number of benzene rings is 3. The molecule has 0 aliphatic rings. The second-order valence-electron chi connectivity index (χ2n) is 7.56. The number of hydrogen-bond donors (Lipinski definition) is 2. The Hall–Kier alpha value is -4.17. The van der Waals surface area contributed by atoms with Crippen molar-refractivity contribution in [3.8, 4) is 22.8 Å². The van der Waals surface area contributed by atoms with E-state index in [0.29, 0.717) is 15.8 Å². The highest BCUT2D eigenvalue weighted by atomic mass is 79.9.